The zero-order valence-corrected chi connectivity index (χ0v) is 9.20. The van der Waals surface area contributed by atoms with E-state index in [0.717, 1.165) is 11.3 Å². The van der Waals surface area contributed by atoms with E-state index in [9.17, 15) is 9.59 Å². The molecule has 0 aliphatic rings. The zero-order chi connectivity index (χ0) is 10.7. The average molecular weight is 232 g/mol. The van der Waals surface area contributed by atoms with Crippen LogP contribution in [-0.2, 0) is 4.74 Å². The van der Waals surface area contributed by atoms with Crippen molar-refractivity contribution in [2.24, 2.45) is 5.73 Å². The van der Waals surface area contributed by atoms with E-state index in [1.165, 1.54) is 18.9 Å². The topological polar surface area (TPSA) is 82.3 Å². The number of esters is 1. The van der Waals surface area contributed by atoms with Gasteiger partial charge in [0.2, 0.25) is 0 Å². The lowest BCUT2D eigenvalue weighted by Gasteiger charge is -1.94. The van der Waals surface area contributed by atoms with Crippen molar-refractivity contribution in [1.82, 2.24) is 4.98 Å². The first-order valence-electron chi connectivity index (χ1n) is 3.53. The van der Waals surface area contributed by atoms with E-state index in [1.54, 1.807) is 6.26 Å². The van der Waals surface area contributed by atoms with E-state index in [4.69, 9.17) is 5.73 Å². The van der Waals surface area contributed by atoms with Crippen LogP contribution in [0.2, 0.25) is 0 Å². The van der Waals surface area contributed by atoms with Crippen molar-refractivity contribution >= 4 is 35.0 Å². The standard InChI is InChI=1S/C7H8N2O3S2/c1-12-6(11)4-3(5(8)10)9-7(13-2)14-4/h1-2H3,(H2,8,10). The Morgan fingerprint density at radius 1 is 1.57 bits per heavy atom. The van der Waals surface area contributed by atoms with Crippen LogP contribution in [0.25, 0.3) is 0 Å². The fraction of sp³-hybridized carbons (Fsp3) is 0.286. The molecule has 2 N–H and O–H groups in total. The number of thioether (sulfide) groups is 1. The van der Waals surface area contributed by atoms with Gasteiger partial charge < -0.3 is 10.5 Å². The van der Waals surface area contributed by atoms with Crippen LogP contribution in [0.3, 0.4) is 0 Å². The van der Waals surface area contributed by atoms with Crippen LogP contribution in [0.15, 0.2) is 4.34 Å². The highest BCUT2D eigenvalue weighted by Gasteiger charge is 2.21. The van der Waals surface area contributed by atoms with E-state index >= 15 is 0 Å². The number of nitrogens with zero attached hydrogens (tertiary/aromatic N) is 1. The quantitative estimate of drug-likeness (QED) is 0.614. The summed E-state index contributed by atoms with van der Waals surface area (Å²) in [6.45, 7) is 0. The highest BCUT2D eigenvalue weighted by atomic mass is 32.2. The Kier molecular flexibility index (Phi) is 3.48. The van der Waals surface area contributed by atoms with Crippen LogP contribution in [0.4, 0.5) is 0 Å². The number of hydrogen-bond donors (Lipinski definition) is 1. The van der Waals surface area contributed by atoms with Gasteiger partial charge in [-0.15, -0.1) is 0 Å². The minimum Gasteiger partial charge on any atom is -0.465 e. The molecule has 0 saturated carbocycles. The largest absolute Gasteiger partial charge is 0.465 e. The molecule has 0 aliphatic carbocycles. The van der Waals surface area contributed by atoms with Gasteiger partial charge in [0, 0.05) is 0 Å². The first kappa shape index (κ1) is 11.0. The maximum absolute atomic E-state index is 11.2. The van der Waals surface area contributed by atoms with Gasteiger partial charge in [-0.3, -0.25) is 4.79 Å². The Hall–Kier alpha value is -1.08. The minimum atomic E-state index is -0.720. The Balaban J connectivity index is 3.18. The van der Waals surface area contributed by atoms with Gasteiger partial charge in [-0.2, -0.15) is 0 Å². The predicted molar refractivity (Wildman–Crippen MR) is 53.8 cm³/mol. The van der Waals surface area contributed by atoms with Crippen LogP contribution < -0.4 is 5.73 Å². The number of amides is 1. The normalized spacial score (nSPS) is 9.86. The number of primary amides is 1. The molecule has 0 aliphatic heterocycles. The molecule has 5 nitrogen and oxygen atoms in total. The highest BCUT2D eigenvalue weighted by Crippen LogP contribution is 2.25. The number of thiazole rings is 1. The third-order valence-corrected chi connectivity index (χ3v) is 3.41. The molecule has 1 amide bonds. The number of rotatable bonds is 3. The molecule has 0 unspecified atom stereocenters. The van der Waals surface area contributed by atoms with Gasteiger partial charge in [0.05, 0.1) is 7.11 Å². The Morgan fingerprint density at radius 3 is 2.64 bits per heavy atom. The number of aromatic nitrogens is 1. The average Bonchev–Trinajstić information content (AvgIpc) is 2.60. The summed E-state index contributed by atoms with van der Waals surface area (Å²) < 4.78 is 5.11. The maximum Gasteiger partial charge on any atom is 0.350 e. The van der Waals surface area contributed by atoms with E-state index in [2.05, 4.69) is 9.72 Å². The smallest absolute Gasteiger partial charge is 0.350 e. The van der Waals surface area contributed by atoms with Gasteiger partial charge in [-0.05, 0) is 6.26 Å². The second-order valence-electron chi connectivity index (χ2n) is 2.22. The molecule has 0 spiro atoms. The van der Waals surface area contributed by atoms with E-state index in [0.29, 0.717) is 4.34 Å². The molecule has 1 heterocycles. The van der Waals surface area contributed by atoms with Gasteiger partial charge >= 0.3 is 5.97 Å². The van der Waals surface area contributed by atoms with Gasteiger partial charge in [0.15, 0.2) is 10.0 Å². The lowest BCUT2D eigenvalue weighted by molar-refractivity contribution is 0.0602. The molecule has 0 aromatic carbocycles. The summed E-state index contributed by atoms with van der Waals surface area (Å²) in [6.07, 6.45) is 1.80. The Bertz CT molecular complexity index is 375. The SMILES string of the molecule is COC(=O)c1sc(SC)nc1C(N)=O. The van der Waals surface area contributed by atoms with Gasteiger partial charge in [-0.25, -0.2) is 9.78 Å². The number of methoxy groups -OCH3 is 1. The molecule has 0 fully saturated rings. The van der Waals surface area contributed by atoms with Crippen molar-refractivity contribution in [3.8, 4) is 0 Å². The second-order valence-corrected chi connectivity index (χ2v) is 4.27. The number of carbonyl (C=O) groups excluding carboxylic acids is 2. The van der Waals surface area contributed by atoms with Crippen molar-refractivity contribution in [3.63, 3.8) is 0 Å². The molecule has 14 heavy (non-hydrogen) atoms. The number of nitrogens with two attached hydrogens (primary N) is 1. The molecule has 0 saturated heterocycles. The second kappa shape index (κ2) is 4.43. The van der Waals surface area contributed by atoms with Crippen molar-refractivity contribution in [2.75, 3.05) is 13.4 Å². The fourth-order valence-electron chi connectivity index (χ4n) is 0.786. The first-order chi connectivity index (χ1) is 6.60. The van der Waals surface area contributed by atoms with Crippen LogP contribution in [0, 0.1) is 0 Å². The molecular formula is C7H8N2O3S2. The van der Waals surface area contributed by atoms with E-state index in [-0.39, 0.29) is 10.6 Å². The van der Waals surface area contributed by atoms with Gasteiger partial charge in [-0.1, -0.05) is 23.1 Å². The highest BCUT2D eigenvalue weighted by molar-refractivity contribution is 8.00. The van der Waals surface area contributed by atoms with E-state index < -0.39 is 11.9 Å². The van der Waals surface area contributed by atoms with Crippen molar-refractivity contribution in [3.05, 3.63) is 10.6 Å². The molecule has 0 radical (unpaired) electrons. The molecular weight excluding hydrogens is 224 g/mol. The summed E-state index contributed by atoms with van der Waals surface area (Å²) >= 11 is 2.44. The van der Waals surface area contributed by atoms with Crippen LogP contribution in [-0.4, -0.2) is 30.2 Å². The monoisotopic (exact) mass is 232 g/mol. The van der Waals surface area contributed by atoms with Gasteiger partial charge in [0.1, 0.15) is 4.88 Å². The summed E-state index contributed by atoms with van der Waals surface area (Å²) in [5.41, 5.74) is 5.04. The summed E-state index contributed by atoms with van der Waals surface area (Å²) in [5, 5.41) is 0. The molecule has 1 aromatic heterocycles. The van der Waals surface area contributed by atoms with Crippen molar-refractivity contribution in [1.29, 1.82) is 0 Å². The summed E-state index contributed by atoms with van der Waals surface area (Å²) in [5.74, 6) is -1.31. The third kappa shape index (κ3) is 2.05. The van der Waals surface area contributed by atoms with E-state index in [1.807, 2.05) is 0 Å². The molecule has 0 atom stereocenters. The summed E-state index contributed by atoms with van der Waals surface area (Å²) in [4.78, 5) is 26.2. The van der Waals surface area contributed by atoms with Crippen molar-refractivity contribution < 1.29 is 14.3 Å². The summed E-state index contributed by atoms with van der Waals surface area (Å²) in [7, 11) is 1.24. The predicted octanol–water partition coefficient (Wildman–Crippen LogP) is 0.750. The Morgan fingerprint density at radius 2 is 2.21 bits per heavy atom. The molecule has 7 heteroatoms. The molecule has 0 bridgehead atoms. The van der Waals surface area contributed by atoms with Gasteiger partial charge in [0.25, 0.3) is 5.91 Å². The van der Waals surface area contributed by atoms with Crippen LogP contribution >= 0.6 is 23.1 Å². The number of hydrogen-bond acceptors (Lipinski definition) is 6. The third-order valence-electron chi connectivity index (χ3n) is 1.39. The molecule has 1 rings (SSSR count). The Labute approximate surface area is 88.7 Å². The lowest BCUT2D eigenvalue weighted by Crippen LogP contribution is -2.16. The maximum atomic E-state index is 11.2. The molecule has 1 aromatic rings. The number of carbonyl (C=O) groups is 2. The lowest BCUT2D eigenvalue weighted by atomic mass is 10.3. The summed E-state index contributed by atoms with van der Waals surface area (Å²) in [6, 6.07) is 0. The van der Waals surface area contributed by atoms with Crippen LogP contribution in [0.1, 0.15) is 20.2 Å². The fourth-order valence-corrected chi connectivity index (χ4v) is 2.27. The first-order valence-corrected chi connectivity index (χ1v) is 5.57. The van der Waals surface area contributed by atoms with Crippen LogP contribution in [0.5, 0.6) is 0 Å². The molecule has 76 valence electrons. The number of ether oxygens (including phenoxy) is 1. The zero-order valence-electron chi connectivity index (χ0n) is 7.57. The minimum absolute atomic E-state index is 0.0220. The van der Waals surface area contributed by atoms with Crippen molar-refractivity contribution in [2.45, 2.75) is 4.34 Å².